The average Bonchev–Trinajstić information content (AvgIpc) is 3.22. The molecule has 0 bridgehead atoms. The van der Waals surface area contributed by atoms with Crippen molar-refractivity contribution in [2.45, 2.75) is 295 Å². The van der Waals surface area contributed by atoms with Crippen LogP contribution in [0.3, 0.4) is 0 Å². The smallest absolute Gasteiger partial charge is 0.249 e. The van der Waals surface area contributed by atoms with E-state index < -0.39 is 24.2 Å². The summed E-state index contributed by atoms with van der Waals surface area (Å²) in [6, 6.07) is -0.799. The van der Waals surface area contributed by atoms with E-state index in [0.29, 0.717) is 6.42 Å². The highest BCUT2D eigenvalue weighted by atomic mass is 16.3. The molecule has 0 saturated heterocycles. The maximum absolute atomic E-state index is 12.5. The molecule has 5 heteroatoms. The van der Waals surface area contributed by atoms with Gasteiger partial charge in [0.2, 0.25) is 5.91 Å². The van der Waals surface area contributed by atoms with Crippen LogP contribution in [0.2, 0.25) is 0 Å². The number of hydrogen-bond acceptors (Lipinski definition) is 4. The number of unbranched alkanes of at least 4 members (excludes halogenated alkanes) is 37. The van der Waals surface area contributed by atoms with Crippen molar-refractivity contribution < 1.29 is 20.1 Å². The van der Waals surface area contributed by atoms with Gasteiger partial charge in [-0.05, 0) is 44.9 Å². The fraction of sp³-hybridized carbons (Fsp3) is 0.904. The van der Waals surface area contributed by atoms with Gasteiger partial charge in [-0.25, -0.2) is 0 Å². The largest absolute Gasteiger partial charge is 0.394 e. The molecule has 0 radical (unpaired) electrons. The third kappa shape index (κ3) is 42.8. The van der Waals surface area contributed by atoms with Crippen LogP contribution in [0, 0.1) is 0 Å². The average molecular weight is 804 g/mol. The molecule has 0 aromatic rings. The fourth-order valence-corrected chi connectivity index (χ4v) is 8.01. The molecule has 0 aliphatic carbocycles. The lowest BCUT2D eigenvalue weighted by molar-refractivity contribution is -0.131. The summed E-state index contributed by atoms with van der Waals surface area (Å²) in [5.74, 6) is -0.504. The molecule has 0 heterocycles. The zero-order valence-corrected chi connectivity index (χ0v) is 38.5. The van der Waals surface area contributed by atoms with Crippen LogP contribution in [-0.4, -0.2) is 46.1 Å². The van der Waals surface area contributed by atoms with Crippen LogP contribution in [0.4, 0.5) is 0 Å². The zero-order chi connectivity index (χ0) is 41.5. The van der Waals surface area contributed by atoms with Gasteiger partial charge in [-0.1, -0.05) is 256 Å². The Kier molecular flexibility index (Phi) is 46.5. The van der Waals surface area contributed by atoms with E-state index in [1.54, 1.807) is 6.08 Å². The highest BCUT2D eigenvalue weighted by Crippen LogP contribution is 2.17. The number of aliphatic hydroxyl groups is 3. The SMILES string of the molecule is CCCCCCCCCCCCC/C=C\CCCCCCCCC(O)C(=O)NC(CO)C(O)/C=C/CCCCCCCCCCCCCCCCCCCCCC. The first-order valence-corrected chi connectivity index (χ1v) is 25.7. The van der Waals surface area contributed by atoms with E-state index in [1.807, 2.05) is 6.08 Å². The quantitative estimate of drug-likeness (QED) is 0.0364. The molecule has 0 aliphatic heterocycles. The van der Waals surface area contributed by atoms with E-state index in [-0.39, 0.29) is 6.61 Å². The minimum atomic E-state index is -1.10. The van der Waals surface area contributed by atoms with Crippen LogP contribution in [0.1, 0.15) is 277 Å². The minimum Gasteiger partial charge on any atom is -0.394 e. The second kappa shape index (κ2) is 47.5. The normalized spacial score (nSPS) is 13.6. The number of allylic oxidation sites excluding steroid dienone is 3. The second-order valence-corrected chi connectivity index (χ2v) is 17.7. The summed E-state index contributed by atoms with van der Waals surface area (Å²) in [7, 11) is 0. The van der Waals surface area contributed by atoms with Crippen molar-refractivity contribution in [2.75, 3.05) is 6.61 Å². The Balaban J connectivity index is 3.61. The van der Waals surface area contributed by atoms with E-state index in [9.17, 15) is 20.1 Å². The van der Waals surface area contributed by atoms with Gasteiger partial charge in [-0.3, -0.25) is 4.79 Å². The molecule has 338 valence electrons. The zero-order valence-electron chi connectivity index (χ0n) is 38.5. The molecule has 0 aromatic heterocycles. The number of amides is 1. The highest BCUT2D eigenvalue weighted by molar-refractivity contribution is 5.80. The molecule has 0 rings (SSSR count). The van der Waals surface area contributed by atoms with Crippen molar-refractivity contribution in [1.29, 1.82) is 0 Å². The number of rotatable bonds is 47. The standard InChI is InChI=1S/C52H101NO4/c1-3-5-7-9-11-13-15-17-19-21-23-25-27-28-30-32-34-36-38-40-42-44-46-50(55)49(48-54)53-52(57)51(56)47-45-43-41-39-37-35-33-31-29-26-24-22-20-18-16-14-12-10-8-6-4-2/h29,31,44,46,49-51,54-56H,3-28,30,32-43,45,47-48H2,1-2H3,(H,53,57)/b31-29-,46-44+. The Hall–Kier alpha value is -1.17. The van der Waals surface area contributed by atoms with Gasteiger partial charge in [-0.15, -0.1) is 0 Å². The van der Waals surface area contributed by atoms with Crippen LogP contribution in [-0.2, 0) is 4.79 Å². The molecule has 4 N–H and O–H groups in total. The van der Waals surface area contributed by atoms with E-state index in [0.717, 1.165) is 32.1 Å². The number of carbonyl (C=O) groups excluding carboxylic acids is 1. The predicted molar refractivity (Wildman–Crippen MR) is 250 cm³/mol. The van der Waals surface area contributed by atoms with Gasteiger partial charge >= 0.3 is 0 Å². The molecule has 3 atom stereocenters. The second-order valence-electron chi connectivity index (χ2n) is 17.7. The van der Waals surface area contributed by atoms with Crippen molar-refractivity contribution in [3.05, 3.63) is 24.3 Å². The molecule has 57 heavy (non-hydrogen) atoms. The topological polar surface area (TPSA) is 89.8 Å². The van der Waals surface area contributed by atoms with Crippen molar-refractivity contribution in [3.63, 3.8) is 0 Å². The van der Waals surface area contributed by atoms with Crippen molar-refractivity contribution in [3.8, 4) is 0 Å². The number of nitrogens with one attached hydrogen (secondary N) is 1. The lowest BCUT2D eigenvalue weighted by Gasteiger charge is -2.21. The first-order valence-electron chi connectivity index (χ1n) is 25.7. The summed E-state index contributed by atoms with van der Waals surface area (Å²) in [6.07, 6.45) is 59.5. The Morgan fingerprint density at radius 2 is 0.702 bits per heavy atom. The molecule has 0 saturated carbocycles. The van der Waals surface area contributed by atoms with Gasteiger partial charge in [0.25, 0.3) is 0 Å². The van der Waals surface area contributed by atoms with E-state index >= 15 is 0 Å². The molecular weight excluding hydrogens is 703 g/mol. The van der Waals surface area contributed by atoms with Crippen molar-refractivity contribution in [1.82, 2.24) is 5.32 Å². The van der Waals surface area contributed by atoms with Gasteiger partial charge < -0.3 is 20.6 Å². The van der Waals surface area contributed by atoms with Crippen molar-refractivity contribution >= 4 is 5.91 Å². The highest BCUT2D eigenvalue weighted by Gasteiger charge is 2.22. The summed E-state index contributed by atoms with van der Waals surface area (Å²) in [5, 5.41) is 33.3. The van der Waals surface area contributed by atoms with Crippen LogP contribution in [0.15, 0.2) is 24.3 Å². The molecule has 0 spiro atoms. The van der Waals surface area contributed by atoms with E-state index in [2.05, 4.69) is 31.3 Å². The monoisotopic (exact) mass is 804 g/mol. The number of aliphatic hydroxyl groups excluding tert-OH is 3. The maximum atomic E-state index is 12.5. The number of carbonyl (C=O) groups is 1. The van der Waals surface area contributed by atoms with Crippen LogP contribution in [0.25, 0.3) is 0 Å². The van der Waals surface area contributed by atoms with Crippen LogP contribution < -0.4 is 5.32 Å². The molecule has 3 unspecified atom stereocenters. The van der Waals surface area contributed by atoms with Crippen LogP contribution >= 0.6 is 0 Å². The molecular formula is C52H101NO4. The summed E-state index contributed by atoms with van der Waals surface area (Å²) >= 11 is 0. The van der Waals surface area contributed by atoms with Gasteiger partial charge in [0, 0.05) is 0 Å². The lowest BCUT2D eigenvalue weighted by Crippen LogP contribution is -2.48. The summed E-state index contributed by atoms with van der Waals surface area (Å²) in [5.41, 5.74) is 0. The van der Waals surface area contributed by atoms with Crippen LogP contribution in [0.5, 0.6) is 0 Å². The van der Waals surface area contributed by atoms with Crippen molar-refractivity contribution in [2.24, 2.45) is 0 Å². The lowest BCUT2D eigenvalue weighted by atomic mass is 10.0. The summed E-state index contributed by atoms with van der Waals surface area (Å²) in [6.45, 7) is 4.21. The van der Waals surface area contributed by atoms with Gasteiger partial charge in [0.1, 0.15) is 6.10 Å². The van der Waals surface area contributed by atoms with E-state index in [4.69, 9.17) is 0 Å². The molecule has 0 aliphatic rings. The third-order valence-corrected chi connectivity index (χ3v) is 12.0. The maximum Gasteiger partial charge on any atom is 0.249 e. The Labute approximate surface area is 356 Å². The van der Waals surface area contributed by atoms with E-state index in [1.165, 1.54) is 225 Å². The van der Waals surface area contributed by atoms with Gasteiger partial charge in [0.15, 0.2) is 0 Å². The summed E-state index contributed by atoms with van der Waals surface area (Å²) in [4.78, 5) is 12.5. The Morgan fingerprint density at radius 1 is 0.421 bits per heavy atom. The predicted octanol–water partition coefficient (Wildman–Crippen LogP) is 15.3. The minimum absolute atomic E-state index is 0.363. The first kappa shape index (κ1) is 55.8. The first-order chi connectivity index (χ1) is 28.1. The van der Waals surface area contributed by atoms with Gasteiger partial charge in [-0.2, -0.15) is 0 Å². The van der Waals surface area contributed by atoms with Gasteiger partial charge in [0.05, 0.1) is 18.8 Å². The number of hydrogen-bond donors (Lipinski definition) is 4. The fourth-order valence-electron chi connectivity index (χ4n) is 8.01. The molecule has 0 fully saturated rings. The molecule has 0 aromatic carbocycles. The molecule has 1 amide bonds. The summed E-state index contributed by atoms with van der Waals surface area (Å²) < 4.78 is 0. The Bertz CT molecular complexity index is 844. The Morgan fingerprint density at radius 3 is 1.02 bits per heavy atom. The molecule has 5 nitrogen and oxygen atoms in total. The third-order valence-electron chi connectivity index (χ3n) is 12.0.